The van der Waals surface area contributed by atoms with Crippen molar-refractivity contribution < 1.29 is 5.11 Å². The third-order valence-corrected chi connectivity index (χ3v) is 3.84. The second-order valence-corrected chi connectivity index (χ2v) is 5.61. The Balaban J connectivity index is 2.36. The molecule has 0 fully saturated rings. The maximum atomic E-state index is 9.44. The van der Waals surface area contributed by atoms with Gasteiger partial charge in [-0.25, -0.2) is 0 Å². The number of para-hydroxylation sites is 1. The lowest BCUT2D eigenvalue weighted by molar-refractivity contribution is 0.0726. The highest BCUT2D eigenvalue weighted by Gasteiger charge is 2.24. The minimum Gasteiger partial charge on any atom is -0.394 e. The molecule has 1 aromatic heterocycles. The average Bonchev–Trinajstić information content (AvgIpc) is 2.77. The van der Waals surface area contributed by atoms with Gasteiger partial charge in [0.15, 0.2) is 0 Å². The van der Waals surface area contributed by atoms with Crippen LogP contribution in [-0.2, 0) is 13.1 Å². The predicted molar refractivity (Wildman–Crippen MR) is 78.0 cm³/mol. The maximum absolute atomic E-state index is 9.44. The second kappa shape index (κ2) is 5.31. The summed E-state index contributed by atoms with van der Waals surface area (Å²) in [5.74, 6) is 0. The molecular weight excluding hydrogens is 238 g/mol. The number of fused-ring (bicyclic) bond motifs is 1. The minimum atomic E-state index is -0.239. The molecule has 0 saturated heterocycles. The molecule has 0 atom stereocenters. The number of hydrogen-bond acceptors (Lipinski definition) is 3. The Morgan fingerprint density at radius 3 is 2.63 bits per heavy atom. The van der Waals surface area contributed by atoms with E-state index in [0.717, 1.165) is 18.8 Å². The molecule has 2 aromatic rings. The van der Waals surface area contributed by atoms with Crippen molar-refractivity contribution in [3.63, 3.8) is 0 Å². The Kier molecular flexibility index (Phi) is 3.92. The molecule has 0 aliphatic carbocycles. The Hall–Kier alpha value is -1.39. The van der Waals surface area contributed by atoms with Gasteiger partial charge in [-0.2, -0.15) is 5.10 Å². The number of aliphatic hydroxyl groups excluding tert-OH is 1. The van der Waals surface area contributed by atoms with Crippen LogP contribution in [0.5, 0.6) is 0 Å². The molecule has 0 aliphatic rings. The highest BCUT2D eigenvalue weighted by atomic mass is 16.3. The monoisotopic (exact) mass is 261 g/mol. The first-order valence-corrected chi connectivity index (χ1v) is 6.76. The molecule has 1 N–H and O–H groups in total. The van der Waals surface area contributed by atoms with E-state index in [0.29, 0.717) is 0 Å². The lowest BCUT2D eigenvalue weighted by Crippen LogP contribution is -2.43. The van der Waals surface area contributed by atoms with Crippen LogP contribution in [0.2, 0.25) is 0 Å². The van der Waals surface area contributed by atoms with Crippen molar-refractivity contribution in [3.8, 4) is 0 Å². The molecule has 1 heterocycles. The van der Waals surface area contributed by atoms with E-state index in [4.69, 9.17) is 0 Å². The molecule has 0 aliphatic heterocycles. The van der Waals surface area contributed by atoms with Crippen LogP contribution in [0.25, 0.3) is 10.9 Å². The van der Waals surface area contributed by atoms with Crippen LogP contribution < -0.4 is 0 Å². The van der Waals surface area contributed by atoms with Crippen molar-refractivity contribution >= 4 is 10.9 Å². The summed E-state index contributed by atoms with van der Waals surface area (Å²) in [4.78, 5) is 2.14. The third-order valence-electron chi connectivity index (χ3n) is 3.84. The van der Waals surface area contributed by atoms with Crippen LogP contribution in [0.15, 0.2) is 24.3 Å². The van der Waals surface area contributed by atoms with E-state index in [-0.39, 0.29) is 12.1 Å². The molecule has 0 bridgehead atoms. The zero-order chi connectivity index (χ0) is 14.0. The van der Waals surface area contributed by atoms with Crippen LogP contribution in [-0.4, -0.2) is 39.0 Å². The van der Waals surface area contributed by atoms with Gasteiger partial charge in [0.25, 0.3) is 0 Å². The molecular formula is C15H23N3O. The van der Waals surface area contributed by atoms with Crippen molar-refractivity contribution in [2.75, 3.05) is 13.7 Å². The molecule has 104 valence electrons. The highest BCUT2D eigenvalue weighted by molar-refractivity contribution is 5.81. The predicted octanol–water partition coefficient (Wildman–Crippen LogP) is 2.26. The average molecular weight is 261 g/mol. The fraction of sp³-hybridized carbons (Fsp3) is 0.533. The Bertz CT molecular complexity index is 560. The topological polar surface area (TPSA) is 41.3 Å². The second-order valence-electron chi connectivity index (χ2n) is 5.61. The molecule has 19 heavy (non-hydrogen) atoms. The van der Waals surface area contributed by atoms with Gasteiger partial charge < -0.3 is 5.11 Å². The fourth-order valence-electron chi connectivity index (χ4n) is 2.11. The Morgan fingerprint density at radius 1 is 1.32 bits per heavy atom. The number of aromatic nitrogens is 2. The number of rotatable bonds is 5. The van der Waals surface area contributed by atoms with E-state index in [1.807, 2.05) is 37.7 Å². The number of aryl methyl sites for hydroxylation is 1. The molecule has 2 rings (SSSR count). The van der Waals surface area contributed by atoms with Crippen LogP contribution >= 0.6 is 0 Å². The molecule has 0 saturated carbocycles. The molecule has 0 unspecified atom stereocenters. The van der Waals surface area contributed by atoms with Gasteiger partial charge in [-0.05, 0) is 33.9 Å². The molecule has 4 heteroatoms. The number of nitrogens with zero attached hydrogens (tertiary/aromatic N) is 3. The van der Waals surface area contributed by atoms with Gasteiger partial charge in [0.1, 0.15) is 0 Å². The standard InChI is InChI=1S/C15H23N3O/c1-5-18-14-9-7-6-8-12(14)13(16-18)10-17(4)15(2,3)11-19/h6-9,19H,5,10-11H2,1-4H3. The van der Waals surface area contributed by atoms with Crippen LogP contribution in [0, 0.1) is 0 Å². The zero-order valence-electron chi connectivity index (χ0n) is 12.2. The normalized spacial score (nSPS) is 12.5. The van der Waals surface area contributed by atoms with E-state index in [1.54, 1.807) is 0 Å². The van der Waals surface area contributed by atoms with Gasteiger partial charge in [0.05, 0.1) is 17.8 Å². The maximum Gasteiger partial charge on any atom is 0.0843 e. The molecule has 4 nitrogen and oxygen atoms in total. The quantitative estimate of drug-likeness (QED) is 0.897. The van der Waals surface area contributed by atoms with E-state index < -0.39 is 0 Å². The van der Waals surface area contributed by atoms with Gasteiger partial charge in [-0.3, -0.25) is 9.58 Å². The first-order chi connectivity index (χ1) is 8.99. The summed E-state index contributed by atoms with van der Waals surface area (Å²) in [6, 6.07) is 8.31. The SMILES string of the molecule is CCn1nc(CN(C)C(C)(C)CO)c2ccccc21. The van der Waals surface area contributed by atoms with Gasteiger partial charge in [0, 0.05) is 24.0 Å². The Morgan fingerprint density at radius 2 is 2.00 bits per heavy atom. The summed E-state index contributed by atoms with van der Waals surface area (Å²) in [5.41, 5.74) is 2.01. The summed E-state index contributed by atoms with van der Waals surface area (Å²) in [7, 11) is 2.02. The summed E-state index contributed by atoms with van der Waals surface area (Å²) in [6.45, 7) is 7.91. The van der Waals surface area contributed by atoms with Crippen molar-refractivity contribution in [2.45, 2.75) is 39.4 Å². The number of likely N-dealkylation sites (N-methyl/N-ethyl adjacent to an activating group) is 1. The summed E-state index contributed by atoms with van der Waals surface area (Å²) in [5, 5.41) is 15.3. The van der Waals surface area contributed by atoms with E-state index in [9.17, 15) is 5.11 Å². The minimum absolute atomic E-state index is 0.135. The van der Waals surface area contributed by atoms with Crippen LogP contribution in [0.1, 0.15) is 26.5 Å². The first kappa shape index (κ1) is 14.0. The molecule has 1 aromatic carbocycles. The zero-order valence-corrected chi connectivity index (χ0v) is 12.2. The van der Waals surface area contributed by atoms with Crippen LogP contribution in [0.4, 0.5) is 0 Å². The van der Waals surface area contributed by atoms with Gasteiger partial charge >= 0.3 is 0 Å². The van der Waals surface area contributed by atoms with E-state index >= 15 is 0 Å². The largest absolute Gasteiger partial charge is 0.394 e. The smallest absolute Gasteiger partial charge is 0.0843 e. The molecule has 0 spiro atoms. The fourth-order valence-corrected chi connectivity index (χ4v) is 2.11. The Labute approximate surface area is 114 Å². The first-order valence-electron chi connectivity index (χ1n) is 6.76. The van der Waals surface area contributed by atoms with Gasteiger partial charge in [0.2, 0.25) is 0 Å². The number of hydrogen-bond donors (Lipinski definition) is 1. The lowest BCUT2D eigenvalue weighted by atomic mass is 10.0. The molecule has 0 radical (unpaired) electrons. The molecule has 0 amide bonds. The highest BCUT2D eigenvalue weighted by Crippen LogP contribution is 2.22. The van der Waals surface area contributed by atoms with E-state index in [1.165, 1.54) is 10.9 Å². The van der Waals surface area contributed by atoms with Crippen molar-refractivity contribution in [3.05, 3.63) is 30.0 Å². The van der Waals surface area contributed by atoms with Gasteiger partial charge in [-0.15, -0.1) is 0 Å². The lowest BCUT2D eigenvalue weighted by Gasteiger charge is -2.33. The summed E-state index contributed by atoms with van der Waals surface area (Å²) >= 11 is 0. The van der Waals surface area contributed by atoms with Gasteiger partial charge in [-0.1, -0.05) is 18.2 Å². The number of aliphatic hydroxyl groups is 1. The summed E-state index contributed by atoms with van der Waals surface area (Å²) in [6.07, 6.45) is 0. The van der Waals surface area contributed by atoms with Crippen molar-refractivity contribution in [1.82, 2.24) is 14.7 Å². The van der Waals surface area contributed by atoms with Crippen molar-refractivity contribution in [1.29, 1.82) is 0 Å². The van der Waals surface area contributed by atoms with Crippen LogP contribution in [0.3, 0.4) is 0 Å². The number of benzene rings is 1. The third kappa shape index (κ3) is 2.65. The van der Waals surface area contributed by atoms with Crippen molar-refractivity contribution in [2.24, 2.45) is 0 Å². The summed E-state index contributed by atoms with van der Waals surface area (Å²) < 4.78 is 2.03. The van der Waals surface area contributed by atoms with E-state index in [2.05, 4.69) is 29.1 Å².